The first-order chi connectivity index (χ1) is 4.47. The number of hydrogen-bond acceptors (Lipinski definition) is 2. The quantitative estimate of drug-likeness (QED) is 0.521. The molecule has 1 aliphatic heterocycles. The van der Waals surface area contributed by atoms with E-state index in [1.165, 1.54) is 0 Å². The summed E-state index contributed by atoms with van der Waals surface area (Å²) >= 11 is 0. The molecule has 2 heteroatoms. The van der Waals surface area contributed by atoms with E-state index in [-0.39, 0.29) is 17.5 Å². The highest BCUT2D eigenvalue weighted by Gasteiger charge is 2.31. The Morgan fingerprint density at radius 2 is 2.10 bits per heavy atom. The monoisotopic (exact) mass is 142 g/mol. The highest BCUT2D eigenvalue weighted by molar-refractivity contribution is 5.75. The van der Waals surface area contributed by atoms with Crippen molar-refractivity contribution >= 4 is 5.97 Å². The predicted molar refractivity (Wildman–Crippen MR) is 38.6 cm³/mol. The van der Waals surface area contributed by atoms with Gasteiger partial charge in [-0.1, -0.05) is 20.8 Å². The van der Waals surface area contributed by atoms with Crippen LogP contribution < -0.4 is 0 Å². The van der Waals surface area contributed by atoms with Crippen molar-refractivity contribution in [2.45, 2.75) is 39.7 Å². The number of cyclic esters (lactones) is 1. The topological polar surface area (TPSA) is 26.3 Å². The van der Waals surface area contributed by atoms with E-state index in [9.17, 15) is 4.79 Å². The summed E-state index contributed by atoms with van der Waals surface area (Å²) in [5, 5.41) is 0. The Morgan fingerprint density at radius 3 is 2.40 bits per heavy atom. The van der Waals surface area contributed by atoms with Crippen molar-refractivity contribution in [1.82, 2.24) is 0 Å². The highest BCUT2D eigenvalue weighted by atomic mass is 16.6. The summed E-state index contributed by atoms with van der Waals surface area (Å²) in [5.41, 5.74) is 0.283. The lowest BCUT2D eigenvalue weighted by Gasteiger charge is -2.31. The van der Waals surface area contributed by atoms with Crippen molar-refractivity contribution in [3.63, 3.8) is 0 Å². The number of ether oxygens (including phenoxy) is 1. The van der Waals surface area contributed by atoms with E-state index in [2.05, 4.69) is 20.8 Å². The molecule has 1 atom stereocenters. The van der Waals surface area contributed by atoms with Gasteiger partial charge in [-0.25, -0.2) is 0 Å². The maximum absolute atomic E-state index is 10.4. The molecule has 2 nitrogen and oxygen atoms in total. The molecule has 58 valence electrons. The fourth-order valence-electron chi connectivity index (χ4n) is 1.16. The molecule has 0 spiro atoms. The summed E-state index contributed by atoms with van der Waals surface area (Å²) in [6.07, 6.45) is 1.81. The number of esters is 1. The second kappa shape index (κ2) is 2.26. The van der Waals surface area contributed by atoms with Crippen molar-refractivity contribution in [3.05, 3.63) is 0 Å². The van der Waals surface area contributed by atoms with Gasteiger partial charge in [-0.3, -0.25) is 4.79 Å². The zero-order valence-electron chi connectivity index (χ0n) is 6.81. The third kappa shape index (κ3) is 2.01. The Labute approximate surface area is 61.6 Å². The summed E-state index contributed by atoms with van der Waals surface area (Å²) in [4.78, 5) is 10.4. The first-order valence-corrected chi connectivity index (χ1v) is 3.67. The Morgan fingerprint density at radius 1 is 1.60 bits per heavy atom. The van der Waals surface area contributed by atoms with Gasteiger partial charge in [-0.15, -0.1) is 0 Å². The first kappa shape index (κ1) is 7.58. The van der Waals surface area contributed by atoms with Crippen LogP contribution in [-0.2, 0) is 9.53 Å². The molecule has 1 saturated heterocycles. The Balaban J connectivity index is 2.22. The summed E-state index contributed by atoms with van der Waals surface area (Å²) in [6.45, 7) is 6.46. The average Bonchev–Trinajstić information content (AvgIpc) is 1.57. The summed E-state index contributed by atoms with van der Waals surface area (Å²) in [6, 6.07) is 0. The molecular formula is C8H14O2. The van der Waals surface area contributed by atoms with E-state index < -0.39 is 0 Å². The molecular weight excluding hydrogens is 128 g/mol. The maximum Gasteiger partial charge on any atom is 0.309 e. The van der Waals surface area contributed by atoms with Gasteiger partial charge in [-0.2, -0.15) is 0 Å². The lowest BCUT2D eigenvalue weighted by atomic mass is 9.87. The number of hydrogen-bond donors (Lipinski definition) is 0. The normalized spacial score (nSPS) is 25.5. The van der Waals surface area contributed by atoms with Crippen LogP contribution in [0.4, 0.5) is 0 Å². The van der Waals surface area contributed by atoms with Crippen LogP contribution in [0.25, 0.3) is 0 Å². The smallest absolute Gasteiger partial charge is 0.309 e. The van der Waals surface area contributed by atoms with Crippen LogP contribution in [0.3, 0.4) is 0 Å². The standard InChI is InChI=1S/C8H14O2/c1-8(2,3)5-6-4-7(9)10-6/h6H,4-5H2,1-3H3. The van der Waals surface area contributed by atoms with Gasteiger partial charge >= 0.3 is 5.97 Å². The lowest BCUT2D eigenvalue weighted by molar-refractivity contribution is -0.171. The van der Waals surface area contributed by atoms with Crippen molar-refractivity contribution in [2.24, 2.45) is 5.41 Å². The van der Waals surface area contributed by atoms with Gasteiger partial charge in [0.05, 0.1) is 6.42 Å². The van der Waals surface area contributed by atoms with Crippen LogP contribution in [0.15, 0.2) is 0 Å². The third-order valence-corrected chi connectivity index (χ3v) is 1.53. The second-order valence-electron chi connectivity index (χ2n) is 4.08. The van der Waals surface area contributed by atoms with Crippen LogP contribution in [-0.4, -0.2) is 12.1 Å². The van der Waals surface area contributed by atoms with Crippen LogP contribution in [0.2, 0.25) is 0 Å². The molecule has 1 heterocycles. The maximum atomic E-state index is 10.4. The molecule has 0 saturated carbocycles. The predicted octanol–water partition coefficient (Wildman–Crippen LogP) is 1.74. The summed E-state index contributed by atoms with van der Waals surface area (Å²) in [7, 11) is 0. The van der Waals surface area contributed by atoms with Crippen LogP contribution >= 0.6 is 0 Å². The van der Waals surface area contributed by atoms with Crippen molar-refractivity contribution in [2.75, 3.05) is 0 Å². The van der Waals surface area contributed by atoms with Crippen LogP contribution in [0, 0.1) is 5.41 Å². The second-order valence-corrected chi connectivity index (χ2v) is 4.08. The minimum atomic E-state index is -0.0470. The molecule has 1 rings (SSSR count). The Hall–Kier alpha value is -0.530. The molecule has 0 bridgehead atoms. The van der Waals surface area contributed by atoms with Gasteiger partial charge in [0.25, 0.3) is 0 Å². The number of rotatable bonds is 1. The largest absolute Gasteiger partial charge is 0.462 e. The molecule has 0 N–H and O–H groups in total. The van der Waals surface area contributed by atoms with Gasteiger partial charge in [0.1, 0.15) is 6.10 Å². The van der Waals surface area contributed by atoms with Gasteiger partial charge in [0.2, 0.25) is 0 Å². The van der Waals surface area contributed by atoms with Gasteiger partial charge in [0, 0.05) is 0 Å². The van der Waals surface area contributed by atoms with Gasteiger partial charge in [-0.05, 0) is 11.8 Å². The molecule has 0 radical (unpaired) electrons. The van der Waals surface area contributed by atoms with Crippen molar-refractivity contribution in [3.8, 4) is 0 Å². The average molecular weight is 142 g/mol. The first-order valence-electron chi connectivity index (χ1n) is 3.67. The van der Waals surface area contributed by atoms with Crippen molar-refractivity contribution < 1.29 is 9.53 Å². The fourth-order valence-corrected chi connectivity index (χ4v) is 1.16. The molecule has 1 unspecified atom stereocenters. The molecule has 0 aromatic rings. The molecule has 0 aromatic heterocycles. The molecule has 0 aromatic carbocycles. The zero-order valence-corrected chi connectivity index (χ0v) is 6.81. The van der Waals surface area contributed by atoms with Crippen LogP contribution in [0.1, 0.15) is 33.6 Å². The SMILES string of the molecule is CC(C)(C)CC1CC(=O)O1. The fraction of sp³-hybridized carbons (Fsp3) is 0.875. The van der Waals surface area contributed by atoms with E-state index in [1.807, 2.05) is 0 Å². The zero-order chi connectivity index (χ0) is 7.78. The van der Waals surface area contributed by atoms with Crippen LogP contribution in [0.5, 0.6) is 0 Å². The van der Waals surface area contributed by atoms with Gasteiger partial charge in [0.15, 0.2) is 0 Å². The third-order valence-electron chi connectivity index (χ3n) is 1.53. The number of carbonyl (C=O) groups is 1. The molecule has 10 heavy (non-hydrogen) atoms. The number of carbonyl (C=O) groups excluding carboxylic acids is 1. The minimum absolute atomic E-state index is 0.0470. The lowest BCUT2D eigenvalue weighted by Crippen LogP contribution is -2.35. The molecule has 1 aliphatic rings. The highest BCUT2D eigenvalue weighted by Crippen LogP contribution is 2.28. The molecule has 0 aliphatic carbocycles. The molecule has 1 fully saturated rings. The molecule has 0 amide bonds. The van der Waals surface area contributed by atoms with Crippen molar-refractivity contribution in [1.29, 1.82) is 0 Å². The Bertz CT molecular complexity index is 136. The van der Waals surface area contributed by atoms with E-state index in [0.29, 0.717) is 6.42 Å². The van der Waals surface area contributed by atoms with E-state index in [1.54, 1.807) is 0 Å². The van der Waals surface area contributed by atoms with E-state index >= 15 is 0 Å². The minimum Gasteiger partial charge on any atom is -0.462 e. The van der Waals surface area contributed by atoms with E-state index in [0.717, 1.165) is 6.42 Å². The summed E-state index contributed by atoms with van der Waals surface area (Å²) < 4.78 is 4.88. The Kier molecular flexibility index (Phi) is 1.71. The summed E-state index contributed by atoms with van der Waals surface area (Å²) in [5.74, 6) is -0.0470. The van der Waals surface area contributed by atoms with E-state index in [4.69, 9.17) is 4.74 Å². The van der Waals surface area contributed by atoms with Gasteiger partial charge < -0.3 is 4.74 Å².